The van der Waals surface area contributed by atoms with Gasteiger partial charge in [-0.25, -0.2) is 0 Å². The predicted molar refractivity (Wildman–Crippen MR) is 119 cm³/mol. The summed E-state index contributed by atoms with van der Waals surface area (Å²) < 4.78 is 5.08. The Morgan fingerprint density at radius 1 is 1.14 bits per heavy atom. The van der Waals surface area contributed by atoms with Crippen LogP contribution in [0.3, 0.4) is 0 Å². The van der Waals surface area contributed by atoms with Crippen LogP contribution in [-0.4, -0.2) is 61.5 Å². The summed E-state index contributed by atoms with van der Waals surface area (Å²) in [5, 5.41) is 6.95. The molecule has 0 radical (unpaired) electrons. The molecule has 0 unspecified atom stereocenters. The zero-order valence-corrected chi connectivity index (χ0v) is 18.2. The molecule has 3 heterocycles. The molecule has 2 saturated heterocycles. The van der Waals surface area contributed by atoms with E-state index in [9.17, 15) is 0 Å². The molecule has 8 heteroatoms. The van der Waals surface area contributed by atoms with E-state index in [1.807, 2.05) is 0 Å². The Kier molecular flexibility index (Phi) is 7.67. The smallest absolute Gasteiger partial charge is 0.232 e. The van der Waals surface area contributed by atoms with Crippen molar-refractivity contribution in [2.45, 2.75) is 39.5 Å². The summed E-state index contributed by atoms with van der Waals surface area (Å²) in [5.41, 5.74) is 0. The maximum Gasteiger partial charge on any atom is 0.232 e. The van der Waals surface area contributed by atoms with Crippen molar-refractivity contribution in [1.29, 1.82) is 0 Å². The second-order valence-electron chi connectivity index (χ2n) is 8.18. The monoisotopic (exact) mass is 406 g/mol. The first kappa shape index (κ1) is 21.0. The topological polar surface area (TPSA) is 65.6 Å². The summed E-state index contributed by atoms with van der Waals surface area (Å²) in [6.45, 7) is 10.3. The summed E-state index contributed by atoms with van der Waals surface area (Å²) in [6, 6.07) is 2.15. The fraction of sp³-hybridized carbons (Fsp3) is 0.750. The molecule has 2 fully saturated rings. The molecule has 0 aliphatic carbocycles. The number of anilines is 3. The minimum absolute atomic E-state index is 0.556. The van der Waals surface area contributed by atoms with Crippen LogP contribution in [0.5, 0.6) is 0 Å². The number of thiocarbonyl (C=S) groups is 1. The molecule has 0 saturated carbocycles. The Morgan fingerprint density at radius 3 is 2.43 bits per heavy atom. The van der Waals surface area contributed by atoms with E-state index in [1.54, 1.807) is 7.11 Å². The number of aromatic nitrogens is 2. The first-order valence-electron chi connectivity index (χ1n) is 10.5. The predicted octanol–water partition coefficient (Wildman–Crippen LogP) is 2.88. The van der Waals surface area contributed by atoms with Gasteiger partial charge in [0.15, 0.2) is 5.11 Å². The van der Waals surface area contributed by atoms with Crippen LogP contribution < -0.4 is 20.4 Å². The van der Waals surface area contributed by atoms with Crippen LogP contribution in [0.15, 0.2) is 6.07 Å². The summed E-state index contributed by atoms with van der Waals surface area (Å²) in [5.74, 6) is 3.93. The van der Waals surface area contributed by atoms with E-state index in [-0.39, 0.29) is 0 Å². The van der Waals surface area contributed by atoms with E-state index < -0.39 is 0 Å². The highest BCUT2D eigenvalue weighted by Gasteiger charge is 2.25. The number of nitrogens with zero attached hydrogens (tertiary/aromatic N) is 4. The standard InChI is InChI=1S/C20H34N6OS/c1-15-11-16(2)14-26(13-15)18-12-17(25-8-4-5-9-25)22-19(23-18)24-20(28)21-7-6-10-27-3/h12,15-16H,4-11,13-14H2,1-3H3,(H2,21,22,23,24,28)/t15-,16-/m1/s1. The van der Waals surface area contributed by atoms with E-state index in [4.69, 9.17) is 26.9 Å². The van der Waals surface area contributed by atoms with Gasteiger partial charge in [0, 0.05) is 52.5 Å². The Bertz CT molecular complexity index is 642. The first-order chi connectivity index (χ1) is 13.5. The summed E-state index contributed by atoms with van der Waals surface area (Å²) in [7, 11) is 1.71. The van der Waals surface area contributed by atoms with Gasteiger partial charge >= 0.3 is 0 Å². The van der Waals surface area contributed by atoms with Crippen LogP contribution in [0.1, 0.15) is 39.5 Å². The van der Waals surface area contributed by atoms with Crippen LogP contribution in [0.2, 0.25) is 0 Å². The number of hydrogen-bond donors (Lipinski definition) is 2. The highest BCUT2D eigenvalue weighted by Crippen LogP contribution is 2.29. The van der Waals surface area contributed by atoms with E-state index in [1.165, 1.54) is 19.3 Å². The van der Waals surface area contributed by atoms with Crippen LogP contribution in [-0.2, 0) is 4.74 Å². The van der Waals surface area contributed by atoms with Gasteiger partial charge in [-0.2, -0.15) is 9.97 Å². The highest BCUT2D eigenvalue weighted by atomic mass is 32.1. The quantitative estimate of drug-likeness (QED) is 0.529. The molecule has 1 aromatic rings. The number of piperidine rings is 1. The van der Waals surface area contributed by atoms with Crippen molar-refractivity contribution in [1.82, 2.24) is 15.3 Å². The Labute approximate surface area is 174 Å². The van der Waals surface area contributed by atoms with Gasteiger partial charge in [0.25, 0.3) is 0 Å². The van der Waals surface area contributed by atoms with Gasteiger partial charge in [-0.15, -0.1) is 0 Å². The molecule has 0 bridgehead atoms. The fourth-order valence-corrected chi connectivity index (χ4v) is 4.36. The van der Waals surface area contributed by atoms with Gasteiger partial charge in [0.1, 0.15) is 11.6 Å². The van der Waals surface area contributed by atoms with Crippen molar-refractivity contribution in [3.8, 4) is 0 Å². The van der Waals surface area contributed by atoms with E-state index in [0.717, 1.165) is 50.8 Å². The molecule has 0 amide bonds. The molecule has 156 valence electrons. The summed E-state index contributed by atoms with van der Waals surface area (Å²) >= 11 is 5.43. The third kappa shape index (κ3) is 5.91. The van der Waals surface area contributed by atoms with E-state index >= 15 is 0 Å². The Balaban J connectivity index is 1.74. The molecule has 0 spiro atoms. The highest BCUT2D eigenvalue weighted by molar-refractivity contribution is 7.80. The number of ether oxygens (including phenoxy) is 1. The molecule has 0 aromatic carbocycles. The fourth-order valence-electron chi connectivity index (χ4n) is 4.16. The third-order valence-corrected chi connectivity index (χ3v) is 5.60. The first-order valence-corrected chi connectivity index (χ1v) is 10.9. The largest absolute Gasteiger partial charge is 0.385 e. The molecular formula is C20H34N6OS. The van der Waals surface area contributed by atoms with Crippen molar-refractivity contribution in [2.75, 3.05) is 61.6 Å². The van der Waals surface area contributed by atoms with Crippen LogP contribution in [0, 0.1) is 11.8 Å². The maximum absolute atomic E-state index is 5.43. The summed E-state index contributed by atoms with van der Waals surface area (Å²) in [4.78, 5) is 14.3. The lowest BCUT2D eigenvalue weighted by molar-refractivity contribution is 0.196. The second kappa shape index (κ2) is 10.2. The van der Waals surface area contributed by atoms with Gasteiger partial charge < -0.3 is 25.2 Å². The second-order valence-corrected chi connectivity index (χ2v) is 8.59. The maximum atomic E-state index is 5.43. The average Bonchev–Trinajstić information content (AvgIpc) is 3.19. The molecule has 1 aromatic heterocycles. The molecule has 3 rings (SSSR count). The number of hydrogen-bond acceptors (Lipinski definition) is 6. The number of nitrogens with one attached hydrogen (secondary N) is 2. The van der Waals surface area contributed by atoms with Crippen LogP contribution >= 0.6 is 12.2 Å². The van der Waals surface area contributed by atoms with Gasteiger partial charge in [-0.1, -0.05) is 13.8 Å². The normalized spacial score (nSPS) is 22.4. The van der Waals surface area contributed by atoms with Crippen molar-refractivity contribution in [3.63, 3.8) is 0 Å². The Hall–Kier alpha value is -1.67. The molecule has 28 heavy (non-hydrogen) atoms. The minimum Gasteiger partial charge on any atom is -0.385 e. The SMILES string of the molecule is COCCCNC(=S)Nc1nc(N2CCCC2)cc(N2C[C@H](C)C[C@@H](C)C2)n1. The zero-order valence-electron chi connectivity index (χ0n) is 17.4. The van der Waals surface area contributed by atoms with Crippen LogP contribution in [0.25, 0.3) is 0 Å². The molecule has 2 aliphatic heterocycles. The average molecular weight is 407 g/mol. The van der Waals surface area contributed by atoms with E-state index in [0.29, 0.717) is 29.5 Å². The van der Waals surface area contributed by atoms with Crippen molar-refractivity contribution < 1.29 is 4.74 Å². The molecular weight excluding hydrogens is 372 g/mol. The lowest BCUT2D eigenvalue weighted by Crippen LogP contribution is -2.39. The number of rotatable bonds is 7. The van der Waals surface area contributed by atoms with Gasteiger partial charge in [-0.3, -0.25) is 0 Å². The van der Waals surface area contributed by atoms with Gasteiger partial charge in [0.2, 0.25) is 5.95 Å². The molecule has 2 aliphatic rings. The molecule has 7 nitrogen and oxygen atoms in total. The number of methoxy groups -OCH3 is 1. The van der Waals surface area contributed by atoms with Gasteiger partial charge in [-0.05, 0) is 49.7 Å². The lowest BCUT2D eigenvalue weighted by atomic mass is 9.92. The Morgan fingerprint density at radius 2 is 1.79 bits per heavy atom. The minimum atomic E-state index is 0.556. The zero-order chi connectivity index (χ0) is 19.9. The van der Waals surface area contributed by atoms with Crippen molar-refractivity contribution >= 4 is 34.9 Å². The van der Waals surface area contributed by atoms with E-state index in [2.05, 4.69) is 40.3 Å². The molecule has 2 N–H and O–H groups in total. The van der Waals surface area contributed by atoms with Crippen LogP contribution in [0.4, 0.5) is 17.6 Å². The molecule has 2 atom stereocenters. The van der Waals surface area contributed by atoms with Gasteiger partial charge in [0.05, 0.1) is 0 Å². The van der Waals surface area contributed by atoms with Crippen molar-refractivity contribution in [2.24, 2.45) is 11.8 Å². The summed E-state index contributed by atoms with van der Waals surface area (Å²) in [6.07, 6.45) is 4.63. The van der Waals surface area contributed by atoms with Crippen molar-refractivity contribution in [3.05, 3.63) is 6.07 Å². The lowest BCUT2D eigenvalue weighted by Gasteiger charge is -2.36. The third-order valence-electron chi connectivity index (χ3n) is 5.36.